The summed E-state index contributed by atoms with van der Waals surface area (Å²) in [7, 11) is 1.63. The van der Waals surface area contributed by atoms with Crippen molar-refractivity contribution in [1.82, 2.24) is 20.1 Å². The van der Waals surface area contributed by atoms with E-state index < -0.39 is 0 Å². The molecule has 2 atom stereocenters. The van der Waals surface area contributed by atoms with Crippen LogP contribution in [0, 0.1) is 11.8 Å². The third-order valence-corrected chi connectivity index (χ3v) is 5.48. The Labute approximate surface area is 146 Å². The zero-order valence-corrected chi connectivity index (χ0v) is 14.3. The molecular formula is C17H22N6O2. The average Bonchev–Trinajstić information content (AvgIpc) is 3.05. The summed E-state index contributed by atoms with van der Waals surface area (Å²) in [5.74, 6) is 3.56. The van der Waals surface area contributed by atoms with Gasteiger partial charge in [0, 0.05) is 62.8 Å². The molecule has 5 rings (SSSR count). The second kappa shape index (κ2) is 5.94. The summed E-state index contributed by atoms with van der Waals surface area (Å²) in [6.45, 7) is 4.35. The topological polar surface area (TPSA) is 80.4 Å². The average molecular weight is 342 g/mol. The number of hydrogen-bond donors (Lipinski definition) is 0. The highest BCUT2D eigenvalue weighted by molar-refractivity contribution is 5.43. The van der Waals surface area contributed by atoms with E-state index in [0.29, 0.717) is 36.2 Å². The summed E-state index contributed by atoms with van der Waals surface area (Å²) in [4.78, 5) is 18.0. The molecular weight excluding hydrogens is 320 g/mol. The van der Waals surface area contributed by atoms with Gasteiger partial charge >= 0.3 is 6.01 Å². The van der Waals surface area contributed by atoms with Crippen molar-refractivity contribution in [3.63, 3.8) is 0 Å². The van der Waals surface area contributed by atoms with Crippen LogP contribution in [0.2, 0.25) is 0 Å². The summed E-state index contributed by atoms with van der Waals surface area (Å²) in [6.07, 6.45) is 4.26. The van der Waals surface area contributed by atoms with Crippen molar-refractivity contribution in [2.24, 2.45) is 11.8 Å². The number of hydrogen-bond acceptors (Lipinski definition) is 8. The summed E-state index contributed by atoms with van der Waals surface area (Å²) >= 11 is 0. The minimum absolute atomic E-state index is 0.384. The lowest BCUT2D eigenvalue weighted by Gasteiger charge is -2.21. The minimum Gasteiger partial charge on any atom is -0.377 e. The lowest BCUT2D eigenvalue weighted by Crippen LogP contribution is -2.29. The third kappa shape index (κ3) is 2.84. The summed E-state index contributed by atoms with van der Waals surface area (Å²) in [6, 6.07) is 2.80. The fourth-order valence-corrected chi connectivity index (χ4v) is 4.03. The molecule has 0 N–H and O–H groups in total. The molecule has 2 aliphatic heterocycles. The number of nitrogens with zero attached hydrogens (tertiary/aromatic N) is 6. The molecule has 2 aromatic heterocycles. The Bertz CT molecular complexity index is 747. The second-order valence-electron chi connectivity index (χ2n) is 7.33. The fraction of sp³-hybridized carbons (Fsp3) is 0.647. The first-order valence-electron chi connectivity index (χ1n) is 8.93. The normalized spacial score (nSPS) is 25.6. The number of rotatable bonds is 5. The zero-order chi connectivity index (χ0) is 16.8. The van der Waals surface area contributed by atoms with E-state index in [2.05, 4.69) is 36.0 Å². The van der Waals surface area contributed by atoms with Crippen LogP contribution in [0.5, 0.6) is 0 Å². The smallest absolute Gasteiger partial charge is 0.324 e. The van der Waals surface area contributed by atoms with Gasteiger partial charge in [0.15, 0.2) is 5.82 Å². The molecule has 8 heteroatoms. The second-order valence-corrected chi connectivity index (χ2v) is 7.33. The van der Waals surface area contributed by atoms with Gasteiger partial charge in [0.2, 0.25) is 0 Å². The van der Waals surface area contributed by atoms with Gasteiger partial charge in [-0.05, 0) is 12.8 Å². The predicted molar refractivity (Wildman–Crippen MR) is 90.4 cm³/mol. The van der Waals surface area contributed by atoms with Crippen LogP contribution >= 0.6 is 0 Å². The van der Waals surface area contributed by atoms with Crippen molar-refractivity contribution in [2.75, 3.05) is 43.1 Å². The molecule has 2 saturated heterocycles. The molecule has 2 unspecified atom stereocenters. The van der Waals surface area contributed by atoms with Crippen molar-refractivity contribution in [1.29, 1.82) is 0 Å². The first-order valence-corrected chi connectivity index (χ1v) is 8.93. The number of anilines is 2. The van der Waals surface area contributed by atoms with E-state index in [9.17, 15) is 0 Å². The van der Waals surface area contributed by atoms with Crippen molar-refractivity contribution in [3.05, 3.63) is 23.9 Å². The Morgan fingerprint density at radius 2 is 1.88 bits per heavy atom. The molecule has 8 nitrogen and oxygen atoms in total. The van der Waals surface area contributed by atoms with E-state index >= 15 is 0 Å². The summed E-state index contributed by atoms with van der Waals surface area (Å²) in [5, 5.41) is 3.96. The molecule has 0 aromatic carbocycles. The van der Waals surface area contributed by atoms with E-state index in [1.807, 2.05) is 0 Å². The maximum absolute atomic E-state index is 5.38. The van der Waals surface area contributed by atoms with E-state index in [4.69, 9.17) is 9.26 Å². The van der Waals surface area contributed by atoms with E-state index in [1.165, 1.54) is 18.5 Å². The maximum Gasteiger partial charge on any atom is 0.324 e. The van der Waals surface area contributed by atoms with Crippen LogP contribution in [-0.4, -0.2) is 53.4 Å². The van der Waals surface area contributed by atoms with Crippen LogP contribution in [-0.2, 0) is 11.3 Å². The van der Waals surface area contributed by atoms with Crippen LogP contribution in [0.3, 0.4) is 0 Å². The molecule has 132 valence electrons. The quantitative estimate of drug-likeness (QED) is 0.808. The molecule has 2 aromatic rings. The van der Waals surface area contributed by atoms with Gasteiger partial charge < -0.3 is 19.1 Å². The Hall–Kier alpha value is -2.22. The van der Waals surface area contributed by atoms with Crippen LogP contribution in [0.25, 0.3) is 0 Å². The third-order valence-electron chi connectivity index (χ3n) is 5.48. The molecule has 0 spiro atoms. The number of methoxy groups -OCH3 is 1. The zero-order valence-electron chi connectivity index (χ0n) is 14.3. The highest BCUT2D eigenvalue weighted by Gasteiger charge is 2.42. The van der Waals surface area contributed by atoms with Gasteiger partial charge in [-0.3, -0.25) is 0 Å². The molecule has 1 saturated carbocycles. The van der Waals surface area contributed by atoms with Gasteiger partial charge in [0.05, 0.1) is 0 Å². The number of fused-ring (bicyclic) bond motifs is 1. The standard InChI is InChI=1S/C17H22N6O2/c1-24-9-15-20-17(25-21-15)23-7-12-5-22(6-13(12)8-23)16-4-14(11-2-3-11)18-10-19-16/h4,10-13H,2-3,5-9H2,1H3. The number of aromatic nitrogens is 4. The van der Waals surface area contributed by atoms with Gasteiger partial charge in [0.1, 0.15) is 18.8 Å². The van der Waals surface area contributed by atoms with Crippen LogP contribution in [0.15, 0.2) is 16.9 Å². The van der Waals surface area contributed by atoms with Crippen molar-refractivity contribution in [3.8, 4) is 0 Å². The van der Waals surface area contributed by atoms with Gasteiger partial charge in [-0.15, -0.1) is 0 Å². The Morgan fingerprint density at radius 3 is 2.60 bits per heavy atom. The monoisotopic (exact) mass is 342 g/mol. The molecule has 25 heavy (non-hydrogen) atoms. The van der Waals surface area contributed by atoms with Crippen molar-refractivity contribution in [2.45, 2.75) is 25.4 Å². The molecule has 0 amide bonds. The van der Waals surface area contributed by atoms with E-state index in [0.717, 1.165) is 32.0 Å². The first kappa shape index (κ1) is 15.1. The number of ether oxygens (including phenoxy) is 1. The highest BCUT2D eigenvalue weighted by atomic mass is 16.5. The molecule has 0 radical (unpaired) electrons. The Morgan fingerprint density at radius 1 is 1.12 bits per heavy atom. The minimum atomic E-state index is 0.384. The lowest BCUT2D eigenvalue weighted by atomic mass is 10.0. The fourth-order valence-electron chi connectivity index (χ4n) is 4.03. The highest BCUT2D eigenvalue weighted by Crippen LogP contribution is 2.40. The Kier molecular flexibility index (Phi) is 3.58. The lowest BCUT2D eigenvalue weighted by molar-refractivity contribution is 0.174. The largest absolute Gasteiger partial charge is 0.377 e. The van der Waals surface area contributed by atoms with Gasteiger partial charge in [-0.25, -0.2) is 9.97 Å². The van der Waals surface area contributed by atoms with Crippen LogP contribution in [0.4, 0.5) is 11.8 Å². The Balaban J connectivity index is 1.25. The van der Waals surface area contributed by atoms with Gasteiger partial charge in [0.25, 0.3) is 0 Å². The SMILES string of the molecule is COCc1noc(N2CC3CN(c4cc(C5CC5)ncn4)CC3C2)n1. The molecule has 3 fully saturated rings. The van der Waals surface area contributed by atoms with Gasteiger partial charge in [-0.2, -0.15) is 4.98 Å². The van der Waals surface area contributed by atoms with Crippen molar-refractivity contribution >= 4 is 11.8 Å². The molecule has 4 heterocycles. The van der Waals surface area contributed by atoms with E-state index in [1.54, 1.807) is 13.4 Å². The van der Waals surface area contributed by atoms with Crippen LogP contribution < -0.4 is 9.80 Å². The van der Waals surface area contributed by atoms with Crippen molar-refractivity contribution < 1.29 is 9.26 Å². The molecule has 3 aliphatic rings. The summed E-state index contributed by atoms with van der Waals surface area (Å²) in [5.41, 5.74) is 1.21. The maximum atomic E-state index is 5.38. The van der Waals surface area contributed by atoms with Gasteiger partial charge in [-0.1, -0.05) is 5.16 Å². The van der Waals surface area contributed by atoms with E-state index in [-0.39, 0.29) is 0 Å². The molecule has 0 bridgehead atoms. The van der Waals surface area contributed by atoms with Crippen LogP contribution in [0.1, 0.15) is 30.3 Å². The summed E-state index contributed by atoms with van der Waals surface area (Å²) < 4.78 is 10.4. The first-order chi connectivity index (χ1) is 12.3. The predicted octanol–water partition coefficient (Wildman–Crippen LogP) is 1.46. The molecule has 1 aliphatic carbocycles.